The number of piperidine rings is 2. The molecule has 3 heteroatoms. The molecule has 2 heterocycles. The Balaban J connectivity index is 1.55. The average Bonchev–Trinajstić information content (AvgIpc) is 2.39. The number of nitrogens with one attached hydrogen (secondary N) is 1. The Kier molecular flexibility index (Phi) is 4.11. The van der Waals surface area contributed by atoms with Crippen LogP contribution in [0.3, 0.4) is 0 Å². The molecule has 2 atom stereocenters. The van der Waals surface area contributed by atoms with Gasteiger partial charge in [0.15, 0.2) is 0 Å². The second kappa shape index (κ2) is 5.82. The first-order valence-electron chi connectivity index (χ1n) is 7.42. The second-order valence-electron chi connectivity index (χ2n) is 6.08. The molecule has 2 bridgehead atoms. The summed E-state index contributed by atoms with van der Waals surface area (Å²) in [7, 11) is 2.31. The standard InChI is InChI=1S/C16H23ClN2/c1-19-15-3-2-4-16(19)10-14(9-15)18-11-12-5-7-13(17)8-6-12/h5-8,14-16,18H,2-4,9-11H2,1H3. The monoisotopic (exact) mass is 278 g/mol. The molecule has 2 nitrogen and oxygen atoms in total. The molecule has 2 aliphatic rings. The summed E-state index contributed by atoms with van der Waals surface area (Å²) in [5.41, 5.74) is 1.33. The molecule has 2 saturated heterocycles. The predicted molar refractivity (Wildman–Crippen MR) is 80.5 cm³/mol. The normalized spacial score (nSPS) is 31.4. The van der Waals surface area contributed by atoms with Crippen molar-refractivity contribution in [2.24, 2.45) is 0 Å². The largest absolute Gasteiger partial charge is 0.310 e. The number of hydrogen-bond donors (Lipinski definition) is 1. The van der Waals surface area contributed by atoms with E-state index in [-0.39, 0.29) is 0 Å². The van der Waals surface area contributed by atoms with E-state index in [1.165, 1.54) is 37.7 Å². The summed E-state index contributed by atoms with van der Waals surface area (Å²) < 4.78 is 0. The molecule has 0 spiro atoms. The highest BCUT2D eigenvalue weighted by molar-refractivity contribution is 6.30. The highest BCUT2D eigenvalue weighted by Crippen LogP contribution is 2.32. The first-order chi connectivity index (χ1) is 9.22. The molecule has 2 fully saturated rings. The molecule has 2 aliphatic heterocycles. The maximum absolute atomic E-state index is 5.92. The van der Waals surface area contributed by atoms with Gasteiger partial charge in [0, 0.05) is 29.7 Å². The molecule has 0 radical (unpaired) electrons. The highest BCUT2D eigenvalue weighted by atomic mass is 35.5. The minimum absolute atomic E-state index is 0.683. The van der Waals surface area contributed by atoms with Crippen molar-refractivity contribution >= 4 is 11.6 Å². The Morgan fingerprint density at radius 3 is 2.42 bits per heavy atom. The maximum atomic E-state index is 5.92. The number of fused-ring (bicyclic) bond motifs is 2. The van der Waals surface area contributed by atoms with Gasteiger partial charge in [-0.15, -0.1) is 0 Å². The summed E-state index contributed by atoms with van der Waals surface area (Å²) in [5.74, 6) is 0. The molecule has 3 rings (SSSR count). The van der Waals surface area contributed by atoms with Gasteiger partial charge in [-0.25, -0.2) is 0 Å². The molecule has 0 aliphatic carbocycles. The van der Waals surface area contributed by atoms with E-state index in [9.17, 15) is 0 Å². The SMILES string of the molecule is CN1C2CCCC1CC(NCc1ccc(Cl)cc1)C2. The molecule has 1 aromatic carbocycles. The van der Waals surface area contributed by atoms with Crippen molar-refractivity contribution in [2.45, 2.75) is 56.8 Å². The van der Waals surface area contributed by atoms with Crippen LogP contribution in [0.2, 0.25) is 5.02 Å². The van der Waals surface area contributed by atoms with Gasteiger partial charge in [-0.1, -0.05) is 30.2 Å². The smallest absolute Gasteiger partial charge is 0.0406 e. The minimum atomic E-state index is 0.683. The fourth-order valence-electron chi connectivity index (χ4n) is 3.65. The molecular formula is C16H23ClN2. The summed E-state index contributed by atoms with van der Waals surface area (Å²) in [6, 6.07) is 10.5. The topological polar surface area (TPSA) is 15.3 Å². The first kappa shape index (κ1) is 13.4. The Hall–Kier alpha value is -0.570. The number of hydrogen-bond acceptors (Lipinski definition) is 2. The zero-order chi connectivity index (χ0) is 13.2. The van der Waals surface area contributed by atoms with Crippen LogP contribution >= 0.6 is 11.6 Å². The van der Waals surface area contributed by atoms with Crippen LogP contribution in [-0.4, -0.2) is 30.1 Å². The predicted octanol–water partition coefficient (Wildman–Crippen LogP) is 3.44. The zero-order valence-corrected chi connectivity index (χ0v) is 12.4. The molecule has 19 heavy (non-hydrogen) atoms. The number of halogens is 1. The molecule has 0 aromatic heterocycles. The van der Waals surface area contributed by atoms with Crippen LogP contribution in [0.1, 0.15) is 37.7 Å². The second-order valence-corrected chi connectivity index (χ2v) is 6.52. The lowest BCUT2D eigenvalue weighted by molar-refractivity contribution is 0.0482. The van der Waals surface area contributed by atoms with Crippen molar-refractivity contribution < 1.29 is 0 Å². The van der Waals surface area contributed by atoms with Gasteiger partial charge in [0.2, 0.25) is 0 Å². The van der Waals surface area contributed by atoms with Gasteiger partial charge in [-0.2, -0.15) is 0 Å². The van der Waals surface area contributed by atoms with Crippen molar-refractivity contribution in [1.29, 1.82) is 0 Å². The van der Waals surface area contributed by atoms with Crippen molar-refractivity contribution in [3.63, 3.8) is 0 Å². The fraction of sp³-hybridized carbons (Fsp3) is 0.625. The van der Waals surface area contributed by atoms with E-state index < -0.39 is 0 Å². The summed E-state index contributed by atoms with van der Waals surface area (Å²) in [6.45, 7) is 0.963. The van der Waals surface area contributed by atoms with Crippen molar-refractivity contribution in [3.05, 3.63) is 34.9 Å². The Labute approximate surface area is 121 Å². The summed E-state index contributed by atoms with van der Waals surface area (Å²) in [4.78, 5) is 2.62. The molecule has 1 aromatic rings. The number of benzene rings is 1. The van der Waals surface area contributed by atoms with Crippen LogP contribution in [0.5, 0.6) is 0 Å². The van der Waals surface area contributed by atoms with E-state index in [4.69, 9.17) is 11.6 Å². The van der Waals surface area contributed by atoms with Gasteiger partial charge >= 0.3 is 0 Å². The Morgan fingerprint density at radius 2 is 1.79 bits per heavy atom. The zero-order valence-electron chi connectivity index (χ0n) is 11.6. The van der Waals surface area contributed by atoms with Gasteiger partial charge in [-0.05, 0) is 50.4 Å². The average molecular weight is 279 g/mol. The van der Waals surface area contributed by atoms with Crippen molar-refractivity contribution in [2.75, 3.05) is 7.05 Å². The summed E-state index contributed by atoms with van der Waals surface area (Å²) in [5, 5.41) is 4.55. The van der Waals surface area contributed by atoms with E-state index in [0.29, 0.717) is 6.04 Å². The van der Waals surface area contributed by atoms with Crippen LogP contribution in [0.25, 0.3) is 0 Å². The number of rotatable bonds is 3. The quantitative estimate of drug-likeness (QED) is 0.911. The van der Waals surface area contributed by atoms with Gasteiger partial charge in [0.05, 0.1) is 0 Å². The third-order valence-electron chi connectivity index (χ3n) is 4.85. The Bertz CT molecular complexity index is 403. The van der Waals surface area contributed by atoms with Crippen LogP contribution in [0, 0.1) is 0 Å². The van der Waals surface area contributed by atoms with E-state index in [1.807, 2.05) is 12.1 Å². The number of nitrogens with zero attached hydrogens (tertiary/aromatic N) is 1. The van der Waals surface area contributed by atoms with Gasteiger partial charge in [0.25, 0.3) is 0 Å². The molecule has 0 saturated carbocycles. The third-order valence-corrected chi connectivity index (χ3v) is 5.10. The van der Waals surface area contributed by atoms with Gasteiger partial charge in [-0.3, -0.25) is 0 Å². The van der Waals surface area contributed by atoms with E-state index in [1.54, 1.807) is 0 Å². The van der Waals surface area contributed by atoms with Gasteiger partial charge < -0.3 is 10.2 Å². The summed E-state index contributed by atoms with van der Waals surface area (Å²) >= 11 is 5.92. The molecule has 2 unspecified atom stereocenters. The van der Waals surface area contributed by atoms with Crippen LogP contribution in [0.4, 0.5) is 0 Å². The lowest BCUT2D eigenvalue weighted by Gasteiger charge is -2.47. The highest BCUT2D eigenvalue weighted by Gasteiger charge is 2.35. The van der Waals surface area contributed by atoms with Crippen LogP contribution in [-0.2, 0) is 6.54 Å². The fourth-order valence-corrected chi connectivity index (χ4v) is 3.77. The first-order valence-corrected chi connectivity index (χ1v) is 7.80. The molecular weight excluding hydrogens is 256 g/mol. The van der Waals surface area contributed by atoms with Gasteiger partial charge in [0.1, 0.15) is 0 Å². The third kappa shape index (κ3) is 3.13. The van der Waals surface area contributed by atoms with E-state index >= 15 is 0 Å². The molecule has 0 amide bonds. The minimum Gasteiger partial charge on any atom is -0.310 e. The van der Waals surface area contributed by atoms with Crippen molar-refractivity contribution in [1.82, 2.24) is 10.2 Å². The van der Waals surface area contributed by atoms with Crippen molar-refractivity contribution in [3.8, 4) is 0 Å². The van der Waals surface area contributed by atoms with E-state index in [0.717, 1.165) is 23.7 Å². The molecule has 1 N–H and O–H groups in total. The lowest BCUT2D eigenvalue weighted by Crippen LogP contribution is -2.54. The van der Waals surface area contributed by atoms with Crippen LogP contribution < -0.4 is 5.32 Å². The summed E-state index contributed by atoms with van der Waals surface area (Å²) in [6.07, 6.45) is 6.79. The molecule has 104 valence electrons. The maximum Gasteiger partial charge on any atom is 0.0406 e. The lowest BCUT2D eigenvalue weighted by atomic mass is 9.82. The van der Waals surface area contributed by atoms with E-state index in [2.05, 4.69) is 29.4 Å². The van der Waals surface area contributed by atoms with Crippen LogP contribution in [0.15, 0.2) is 24.3 Å². The Morgan fingerprint density at radius 1 is 1.16 bits per heavy atom.